The predicted octanol–water partition coefficient (Wildman–Crippen LogP) is 4.05. The molecule has 8 nitrogen and oxygen atoms in total. The summed E-state index contributed by atoms with van der Waals surface area (Å²) in [5.74, 6) is 2.31. The average molecular weight is 581 g/mol. The molecule has 2 amide bonds. The van der Waals surface area contributed by atoms with Gasteiger partial charge in [0.05, 0.1) is 12.8 Å². The van der Waals surface area contributed by atoms with Crippen molar-refractivity contribution in [2.75, 3.05) is 46.9 Å². The quantitative estimate of drug-likeness (QED) is 0.493. The average Bonchev–Trinajstić information content (AvgIpc) is 3.56. The van der Waals surface area contributed by atoms with Crippen molar-refractivity contribution in [3.63, 3.8) is 0 Å². The Labute approximate surface area is 252 Å². The van der Waals surface area contributed by atoms with E-state index in [1.807, 2.05) is 28.0 Å². The minimum absolute atomic E-state index is 0.0256. The summed E-state index contributed by atoms with van der Waals surface area (Å²) in [6, 6.07) is 14.9. The molecule has 0 saturated carbocycles. The van der Waals surface area contributed by atoms with Gasteiger partial charge in [-0.1, -0.05) is 36.4 Å². The second-order valence-corrected chi connectivity index (χ2v) is 13.2. The van der Waals surface area contributed by atoms with Gasteiger partial charge in [-0.25, -0.2) is 0 Å². The van der Waals surface area contributed by atoms with E-state index in [4.69, 9.17) is 9.47 Å². The van der Waals surface area contributed by atoms with Gasteiger partial charge in [0.15, 0.2) is 11.5 Å². The summed E-state index contributed by atoms with van der Waals surface area (Å²) in [4.78, 5) is 36.9. The Hall–Kier alpha value is -3.78. The summed E-state index contributed by atoms with van der Waals surface area (Å²) < 4.78 is 12.7. The van der Waals surface area contributed by atoms with Crippen LogP contribution >= 0.6 is 0 Å². The van der Waals surface area contributed by atoms with E-state index in [-0.39, 0.29) is 23.3 Å². The molecular weight excluding hydrogens is 540 g/mol. The summed E-state index contributed by atoms with van der Waals surface area (Å²) in [6.07, 6.45) is 4.08. The molecule has 2 bridgehead atoms. The van der Waals surface area contributed by atoms with Gasteiger partial charge in [0.25, 0.3) is 5.91 Å². The zero-order valence-electron chi connectivity index (χ0n) is 25.3. The number of amides is 2. The van der Waals surface area contributed by atoms with Crippen molar-refractivity contribution in [2.24, 2.45) is 5.92 Å². The molecule has 8 rings (SSSR count). The number of piperazine rings is 1. The number of rotatable bonds is 5. The number of carbonyl (C=O) groups is 2. The van der Waals surface area contributed by atoms with Gasteiger partial charge in [-0.3, -0.25) is 9.59 Å². The maximum Gasteiger partial charge on any atom is 0.270 e. The van der Waals surface area contributed by atoms with Crippen molar-refractivity contribution in [1.29, 1.82) is 0 Å². The van der Waals surface area contributed by atoms with Crippen molar-refractivity contribution in [2.45, 2.75) is 56.6 Å². The molecule has 43 heavy (non-hydrogen) atoms. The highest BCUT2D eigenvalue weighted by atomic mass is 16.5. The summed E-state index contributed by atoms with van der Waals surface area (Å²) >= 11 is 0. The van der Waals surface area contributed by atoms with E-state index in [1.54, 1.807) is 7.11 Å². The Morgan fingerprint density at radius 1 is 1.02 bits per heavy atom. The number of H-pyrrole nitrogens is 1. The second kappa shape index (κ2) is 9.88. The van der Waals surface area contributed by atoms with E-state index < -0.39 is 0 Å². The molecule has 2 saturated heterocycles. The molecule has 2 fully saturated rings. The number of hydrogen-bond donors (Lipinski definition) is 1. The van der Waals surface area contributed by atoms with Gasteiger partial charge in [-0.2, -0.15) is 0 Å². The number of methoxy groups -OCH3 is 1. The van der Waals surface area contributed by atoms with Crippen LogP contribution in [0.3, 0.4) is 0 Å². The first-order valence-corrected chi connectivity index (χ1v) is 15.8. The predicted molar refractivity (Wildman–Crippen MR) is 163 cm³/mol. The van der Waals surface area contributed by atoms with E-state index in [9.17, 15) is 9.59 Å². The lowest BCUT2D eigenvalue weighted by molar-refractivity contribution is -0.132. The van der Waals surface area contributed by atoms with Gasteiger partial charge in [0.1, 0.15) is 11.8 Å². The van der Waals surface area contributed by atoms with Gasteiger partial charge < -0.3 is 29.2 Å². The number of likely N-dealkylation sites (tertiary alicyclic amines) is 1. The molecule has 2 aliphatic carbocycles. The molecule has 0 radical (unpaired) electrons. The van der Waals surface area contributed by atoms with E-state index in [1.165, 1.54) is 22.3 Å². The molecule has 8 heteroatoms. The third-order valence-corrected chi connectivity index (χ3v) is 11.3. The Morgan fingerprint density at radius 3 is 2.56 bits per heavy atom. The molecule has 4 heterocycles. The first kappa shape index (κ1) is 26.8. The number of nitrogens with zero attached hydrogens (tertiary/aromatic N) is 3. The van der Waals surface area contributed by atoms with Crippen LogP contribution in [0.15, 0.2) is 42.5 Å². The number of aromatic nitrogens is 1. The van der Waals surface area contributed by atoms with Crippen LogP contribution in [0.1, 0.15) is 62.9 Å². The van der Waals surface area contributed by atoms with Crippen LogP contribution in [0.2, 0.25) is 0 Å². The minimum atomic E-state index is -0.151. The molecule has 5 aliphatic rings. The topological polar surface area (TPSA) is 78.1 Å². The van der Waals surface area contributed by atoms with Crippen molar-refractivity contribution in [3.05, 3.63) is 81.7 Å². The zero-order chi connectivity index (χ0) is 29.5. The molecule has 3 aromatic rings. The van der Waals surface area contributed by atoms with Gasteiger partial charge in [-0.15, -0.1) is 0 Å². The lowest BCUT2D eigenvalue weighted by Crippen LogP contribution is -2.62. The molecule has 2 aromatic carbocycles. The summed E-state index contributed by atoms with van der Waals surface area (Å²) in [5.41, 5.74) is 7.85. The maximum atomic E-state index is 14.0. The second-order valence-electron chi connectivity index (χ2n) is 13.2. The number of aryl methyl sites for hydroxylation is 1. The molecule has 1 spiro atoms. The number of likely N-dealkylation sites (N-methyl/N-ethyl adjacent to an activating group) is 1. The van der Waals surface area contributed by atoms with Crippen molar-refractivity contribution < 1.29 is 19.1 Å². The van der Waals surface area contributed by atoms with Crippen LogP contribution in [-0.4, -0.2) is 84.4 Å². The van der Waals surface area contributed by atoms with E-state index in [0.29, 0.717) is 50.3 Å². The summed E-state index contributed by atoms with van der Waals surface area (Å²) in [6.45, 7) is 5.37. The third kappa shape index (κ3) is 3.84. The van der Waals surface area contributed by atoms with Crippen molar-refractivity contribution >= 4 is 11.8 Å². The molecule has 4 atom stereocenters. The molecule has 1 aromatic heterocycles. The first-order chi connectivity index (χ1) is 20.9. The fraction of sp³-hybridized carbons (Fsp3) is 0.486. The third-order valence-electron chi connectivity index (χ3n) is 11.3. The fourth-order valence-electron chi connectivity index (χ4n) is 9.02. The van der Waals surface area contributed by atoms with E-state index in [2.05, 4.69) is 48.1 Å². The lowest BCUT2D eigenvalue weighted by atomic mass is 9.51. The largest absolute Gasteiger partial charge is 0.493 e. The summed E-state index contributed by atoms with van der Waals surface area (Å²) in [7, 11) is 3.98. The number of fused-ring (bicyclic) bond motifs is 2. The molecule has 1 N–H and O–H groups in total. The first-order valence-electron chi connectivity index (χ1n) is 15.8. The Balaban J connectivity index is 1.05. The smallest absolute Gasteiger partial charge is 0.270 e. The molecular formula is C35H40N4O4. The zero-order valence-corrected chi connectivity index (χ0v) is 25.3. The van der Waals surface area contributed by atoms with Gasteiger partial charge in [-0.05, 0) is 80.4 Å². The lowest BCUT2D eigenvalue weighted by Gasteiger charge is -2.57. The maximum absolute atomic E-state index is 14.0. The van der Waals surface area contributed by atoms with Crippen LogP contribution in [-0.2, 0) is 29.5 Å². The number of carbonyl (C=O) groups excluding carboxylic acids is 2. The normalized spacial score (nSPS) is 26.9. The van der Waals surface area contributed by atoms with E-state index in [0.717, 1.165) is 55.0 Å². The number of benzene rings is 2. The number of ether oxygens (including phenoxy) is 2. The highest BCUT2D eigenvalue weighted by Gasteiger charge is 2.65. The van der Waals surface area contributed by atoms with Crippen molar-refractivity contribution in [3.8, 4) is 11.5 Å². The Bertz CT molecular complexity index is 1610. The Morgan fingerprint density at radius 2 is 1.79 bits per heavy atom. The van der Waals surface area contributed by atoms with Crippen LogP contribution in [0, 0.1) is 12.8 Å². The summed E-state index contributed by atoms with van der Waals surface area (Å²) in [5, 5.41) is 0. The van der Waals surface area contributed by atoms with Crippen LogP contribution in [0.4, 0.5) is 0 Å². The monoisotopic (exact) mass is 580 g/mol. The van der Waals surface area contributed by atoms with Gasteiger partial charge in [0, 0.05) is 49.6 Å². The van der Waals surface area contributed by atoms with Gasteiger partial charge >= 0.3 is 0 Å². The SMILES string of the molecule is COc1ccc2c3c1O[C@H]1c4[nH]c(C(=O)N5CCN(C(=O)CCc6ccccc6)CC5)c(C)c4CC4[C@H](C2)N(C)CC[C@@]341. The highest BCUT2D eigenvalue weighted by Crippen LogP contribution is 2.67. The van der Waals surface area contributed by atoms with Crippen LogP contribution in [0.25, 0.3) is 0 Å². The minimum Gasteiger partial charge on any atom is -0.493 e. The number of nitrogens with one attached hydrogen (secondary N) is 1. The molecule has 3 aliphatic heterocycles. The molecule has 1 unspecified atom stereocenters. The molecule has 224 valence electrons. The number of piperidine rings is 1. The van der Waals surface area contributed by atoms with E-state index >= 15 is 0 Å². The fourth-order valence-corrected chi connectivity index (χ4v) is 9.02. The van der Waals surface area contributed by atoms with Crippen molar-refractivity contribution in [1.82, 2.24) is 19.7 Å². The van der Waals surface area contributed by atoms with Gasteiger partial charge in [0.2, 0.25) is 5.91 Å². The van der Waals surface area contributed by atoms with Crippen LogP contribution < -0.4 is 9.47 Å². The standard InChI is InChI=1S/C35H40N4O4/c1-21-24-20-25-26-19-23-10-11-27(42-3)32-29(23)35(25,13-14-37(26)2)33(43-32)31(24)36-30(21)34(41)39-17-15-38(16-18-39)28(40)12-9-22-7-5-4-6-8-22/h4-8,10-11,25-26,33,36H,9,12-20H2,1-3H3/t25?,26-,33-,35-/m0/s1. The van der Waals surface area contributed by atoms with Crippen LogP contribution in [0.5, 0.6) is 11.5 Å². The Kier molecular flexibility index (Phi) is 6.16. The number of hydrogen-bond acceptors (Lipinski definition) is 5. The highest BCUT2D eigenvalue weighted by molar-refractivity contribution is 5.95. The number of aromatic amines is 1.